The Kier molecular flexibility index (Phi) is 3.26. The van der Waals surface area contributed by atoms with Gasteiger partial charge in [-0.05, 0) is 37.9 Å². The lowest BCUT2D eigenvalue weighted by Gasteiger charge is -2.44. The molecule has 1 amide bonds. The predicted molar refractivity (Wildman–Crippen MR) is 83.2 cm³/mol. The molecule has 1 aromatic carbocycles. The Labute approximate surface area is 132 Å². The Hall–Kier alpha value is -2.48. The molecule has 120 valence electrons. The third kappa shape index (κ3) is 2.44. The van der Waals surface area contributed by atoms with Gasteiger partial charge in [-0.3, -0.25) is 20.0 Å². The number of nitrogens with zero attached hydrogens (tertiary/aromatic N) is 3. The van der Waals surface area contributed by atoms with E-state index in [1.807, 2.05) is 0 Å². The van der Waals surface area contributed by atoms with Crippen LogP contribution >= 0.6 is 0 Å². The summed E-state index contributed by atoms with van der Waals surface area (Å²) in [7, 11) is 0. The second kappa shape index (κ2) is 5.31. The van der Waals surface area contributed by atoms with Crippen molar-refractivity contribution in [2.75, 3.05) is 19.6 Å². The number of H-pyrrole nitrogens is 1. The number of rotatable bonds is 3. The van der Waals surface area contributed by atoms with E-state index >= 15 is 0 Å². The zero-order valence-electron chi connectivity index (χ0n) is 12.5. The van der Waals surface area contributed by atoms with Gasteiger partial charge >= 0.3 is 0 Å². The van der Waals surface area contributed by atoms with Gasteiger partial charge in [0.2, 0.25) is 0 Å². The maximum atomic E-state index is 12.5. The molecule has 0 spiro atoms. The van der Waals surface area contributed by atoms with Gasteiger partial charge < -0.3 is 10.2 Å². The van der Waals surface area contributed by atoms with Crippen molar-refractivity contribution in [3.05, 3.63) is 34.0 Å². The number of benzene rings is 1. The average molecular weight is 315 g/mol. The van der Waals surface area contributed by atoms with E-state index in [0.717, 1.165) is 32.5 Å². The zero-order chi connectivity index (χ0) is 16.0. The fraction of sp³-hybridized carbons (Fsp3) is 0.467. The Morgan fingerprint density at radius 2 is 2.17 bits per heavy atom. The summed E-state index contributed by atoms with van der Waals surface area (Å²) in [6, 6.07) is 4.52. The first kappa shape index (κ1) is 14.1. The first-order valence-corrected chi connectivity index (χ1v) is 7.77. The molecule has 3 fully saturated rings. The van der Waals surface area contributed by atoms with E-state index < -0.39 is 4.92 Å². The summed E-state index contributed by atoms with van der Waals surface area (Å²) in [4.78, 5) is 25.3. The van der Waals surface area contributed by atoms with E-state index in [2.05, 4.69) is 20.4 Å². The van der Waals surface area contributed by atoms with Crippen molar-refractivity contribution in [2.45, 2.75) is 18.9 Å². The van der Waals surface area contributed by atoms with E-state index in [1.54, 1.807) is 6.07 Å². The number of non-ortho nitro benzene ring substituents is 1. The normalized spacial score (nSPS) is 26.3. The highest BCUT2D eigenvalue weighted by molar-refractivity contribution is 6.05. The number of carbonyl (C=O) groups excluding carboxylic acids is 1. The highest BCUT2D eigenvalue weighted by atomic mass is 16.6. The van der Waals surface area contributed by atoms with Crippen LogP contribution in [0, 0.1) is 16.0 Å². The lowest BCUT2D eigenvalue weighted by Crippen LogP contribution is -2.57. The number of aromatic nitrogens is 2. The van der Waals surface area contributed by atoms with Crippen LogP contribution in [-0.4, -0.2) is 51.6 Å². The number of hydrogen-bond donors (Lipinski definition) is 2. The van der Waals surface area contributed by atoms with Crippen LogP contribution in [0.2, 0.25) is 0 Å². The Morgan fingerprint density at radius 3 is 2.83 bits per heavy atom. The van der Waals surface area contributed by atoms with Gasteiger partial charge in [-0.25, -0.2) is 0 Å². The van der Waals surface area contributed by atoms with Crippen molar-refractivity contribution in [2.24, 2.45) is 5.92 Å². The molecular weight excluding hydrogens is 298 g/mol. The number of piperidine rings is 3. The van der Waals surface area contributed by atoms with Crippen LogP contribution in [-0.2, 0) is 0 Å². The topological polar surface area (TPSA) is 104 Å². The Balaban J connectivity index is 1.56. The highest BCUT2D eigenvalue weighted by Gasteiger charge is 2.35. The van der Waals surface area contributed by atoms with Gasteiger partial charge in [-0.2, -0.15) is 5.10 Å². The zero-order valence-corrected chi connectivity index (χ0v) is 12.5. The summed E-state index contributed by atoms with van der Waals surface area (Å²) < 4.78 is 0. The van der Waals surface area contributed by atoms with Crippen molar-refractivity contribution < 1.29 is 9.72 Å². The smallest absolute Gasteiger partial charge is 0.272 e. The van der Waals surface area contributed by atoms with Crippen molar-refractivity contribution in [3.63, 3.8) is 0 Å². The highest BCUT2D eigenvalue weighted by Crippen LogP contribution is 2.28. The fourth-order valence-electron chi connectivity index (χ4n) is 3.66. The quantitative estimate of drug-likeness (QED) is 0.656. The van der Waals surface area contributed by atoms with E-state index in [9.17, 15) is 14.9 Å². The summed E-state index contributed by atoms with van der Waals surface area (Å²) in [5.74, 6) is 0.319. The molecule has 2 N–H and O–H groups in total. The number of nitro benzene ring substituents is 1. The molecule has 5 rings (SSSR count). The Morgan fingerprint density at radius 1 is 1.39 bits per heavy atom. The summed E-state index contributed by atoms with van der Waals surface area (Å²) in [5.41, 5.74) is 0.773. The summed E-state index contributed by atoms with van der Waals surface area (Å²) in [5, 5.41) is 21.3. The second-order valence-corrected chi connectivity index (χ2v) is 6.28. The molecular formula is C15H17N5O3. The number of amides is 1. The minimum atomic E-state index is -0.465. The molecule has 0 aliphatic carbocycles. The maximum absolute atomic E-state index is 12.5. The van der Waals surface area contributed by atoms with Crippen LogP contribution in [0.5, 0.6) is 0 Å². The number of carbonyl (C=O) groups is 1. The van der Waals surface area contributed by atoms with Crippen molar-refractivity contribution >= 4 is 22.5 Å². The molecule has 3 aliphatic heterocycles. The molecule has 3 saturated heterocycles. The lowest BCUT2D eigenvalue weighted by atomic mass is 9.84. The first-order chi connectivity index (χ1) is 11.1. The van der Waals surface area contributed by atoms with Crippen LogP contribution in [0.3, 0.4) is 0 Å². The molecule has 0 unspecified atom stereocenters. The van der Waals surface area contributed by atoms with Crippen molar-refractivity contribution in [1.82, 2.24) is 20.4 Å². The predicted octanol–water partition coefficient (Wildman–Crippen LogP) is 1.30. The summed E-state index contributed by atoms with van der Waals surface area (Å²) >= 11 is 0. The molecule has 2 aromatic rings. The van der Waals surface area contributed by atoms with Crippen LogP contribution in [0.4, 0.5) is 5.69 Å². The van der Waals surface area contributed by atoms with Crippen molar-refractivity contribution in [3.8, 4) is 0 Å². The fourth-order valence-corrected chi connectivity index (χ4v) is 3.66. The average Bonchev–Trinajstić information content (AvgIpc) is 2.99. The number of aromatic amines is 1. The van der Waals surface area contributed by atoms with Crippen molar-refractivity contribution in [1.29, 1.82) is 0 Å². The second-order valence-electron chi connectivity index (χ2n) is 6.28. The molecule has 2 bridgehead atoms. The van der Waals surface area contributed by atoms with Crippen LogP contribution in [0.1, 0.15) is 23.3 Å². The molecule has 23 heavy (non-hydrogen) atoms. The van der Waals surface area contributed by atoms with Gasteiger partial charge in [-0.1, -0.05) is 0 Å². The SMILES string of the molecule is O=C(N[C@@H]1CN2CCC1CC2)c1n[nH]c2cc([N+](=O)[O-])ccc12. The molecule has 8 heteroatoms. The molecule has 8 nitrogen and oxygen atoms in total. The van der Waals surface area contributed by atoms with E-state index in [1.165, 1.54) is 12.1 Å². The van der Waals surface area contributed by atoms with E-state index in [-0.39, 0.29) is 17.6 Å². The Bertz CT molecular complexity index is 779. The molecule has 0 saturated carbocycles. The van der Waals surface area contributed by atoms with Gasteiger partial charge in [0, 0.05) is 30.1 Å². The van der Waals surface area contributed by atoms with Crippen LogP contribution in [0.25, 0.3) is 10.9 Å². The molecule has 0 radical (unpaired) electrons. The standard InChI is InChI=1S/C15H17N5O3/c21-15(16-13-8-19-5-3-9(13)4-6-19)14-11-2-1-10(20(22)23)7-12(11)17-18-14/h1-2,7,9,13H,3-6,8H2,(H,16,21)(H,17,18)/t13-/m1/s1. The number of hydrogen-bond acceptors (Lipinski definition) is 5. The monoisotopic (exact) mass is 315 g/mol. The molecule has 1 atom stereocenters. The maximum Gasteiger partial charge on any atom is 0.272 e. The number of nitrogens with one attached hydrogen (secondary N) is 2. The number of fused-ring (bicyclic) bond motifs is 4. The summed E-state index contributed by atoms with van der Waals surface area (Å²) in [6.07, 6.45) is 2.25. The molecule has 4 heterocycles. The van der Waals surface area contributed by atoms with Crippen LogP contribution in [0.15, 0.2) is 18.2 Å². The van der Waals surface area contributed by atoms with E-state index in [0.29, 0.717) is 22.5 Å². The third-order valence-corrected chi connectivity index (χ3v) is 4.94. The molecule has 3 aliphatic rings. The minimum Gasteiger partial charge on any atom is -0.346 e. The number of nitro groups is 1. The van der Waals surface area contributed by atoms with Gasteiger partial charge in [0.15, 0.2) is 5.69 Å². The third-order valence-electron chi connectivity index (χ3n) is 4.94. The lowest BCUT2D eigenvalue weighted by molar-refractivity contribution is -0.384. The van der Waals surface area contributed by atoms with Crippen LogP contribution < -0.4 is 5.32 Å². The van der Waals surface area contributed by atoms with Gasteiger partial charge in [0.1, 0.15) is 0 Å². The van der Waals surface area contributed by atoms with E-state index in [4.69, 9.17) is 0 Å². The van der Waals surface area contributed by atoms with Gasteiger partial charge in [0.25, 0.3) is 11.6 Å². The minimum absolute atomic E-state index is 0.0227. The van der Waals surface area contributed by atoms with Gasteiger partial charge in [0.05, 0.1) is 10.4 Å². The summed E-state index contributed by atoms with van der Waals surface area (Å²) in [6.45, 7) is 3.13. The largest absolute Gasteiger partial charge is 0.346 e. The molecule has 1 aromatic heterocycles. The first-order valence-electron chi connectivity index (χ1n) is 7.77. The van der Waals surface area contributed by atoms with Gasteiger partial charge in [-0.15, -0.1) is 0 Å².